The number of anilines is 1. The second-order valence-corrected chi connectivity index (χ2v) is 7.39. The number of ketones is 1. The van der Waals surface area contributed by atoms with Gasteiger partial charge in [0, 0.05) is 37.2 Å². The molecule has 0 unspecified atom stereocenters. The Bertz CT molecular complexity index is 709. The number of methoxy groups -OCH3 is 1. The zero-order valence-corrected chi connectivity index (χ0v) is 15.8. The minimum atomic E-state index is 0.104. The maximum absolute atomic E-state index is 12.5. The summed E-state index contributed by atoms with van der Waals surface area (Å²) in [5.41, 5.74) is 2.82. The van der Waals surface area contributed by atoms with Crippen LogP contribution in [0.2, 0.25) is 0 Å². The number of thioether (sulfide) groups is 1. The van der Waals surface area contributed by atoms with Crippen LogP contribution in [0.3, 0.4) is 0 Å². The number of hydrogen-bond acceptors (Lipinski definition) is 7. The van der Waals surface area contributed by atoms with Crippen LogP contribution in [0.1, 0.15) is 21.7 Å². The van der Waals surface area contributed by atoms with Gasteiger partial charge < -0.3 is 14.6 Å². The van der Waals surface area contributed by atoms with Gasteiger partial charge in [-0.25, -0.2) is 0 Å². The molecule has 2 heterocycles. The van der Waals surface area contributed by atoms with Crippen LogP contribution in [-0.4, -0.2) is 46.6 Å². The third-order valence-corrected chi connectivity index (χ3v) is 5.52. The summed E-state index contributed by atoms with van der Waals surface area (Å²) in [6.07, 6.45) is 1.84. The smallest absolute Gasteiger partial charge is 0.206 e. The summed E-state index contributed by atoms with van der Waals surface area (Å²) in [4.78, 5) is 12.5. The molecule has 0 aliphatic carbocycles. The van der Waals surface area contributed by atoms with E-state index in [0.717, 1.165) is 26.4 Å². The number of rotatable bonds is 10. The lowest BCUT2D eigenvalue weighted by molar-refractivity contribution is 0.102. The van der Waals surface area contributed by atoms with Gasteiger partial charge in [-0.15, -0.1) is 16.8 Å². The maximum atomic E-state index is 12.5. The van der Waals surface area contributed by atoms with E-state index in [1.165, 1.54) is 23.1 Å². The van der Waals surface area contributed by atoms with E-state index >= 15 is 0 Å². The van der Waals surface area contributed by atoms with E-state index in [-0.39, 0.29) is 5.78 Å². The standard InChI is InChI=1S/C16H22N4O2S2/c1-5-7-20-11(2)9-13(12(20)3)14(21)10-23-16-19-18-15(24-16)17-6-8-22-4/h5,9H,1,6-8,10H2,2-4H3,(H,17,18). The minimum absolute atomic E-state index is 0.104. The number of carbonyl (C=O) groups excluding carboxylic acids is 1. The molecule has 6 nitrogen and oxygen atoms in total. The zero-order chi connectivity index (χ0) is 17.5. The number of nitrogens with zero attached hydrogens (tertiary/aromatic N) is 3. The molecular weight excluding hydrogens is 344 g/mol. The first-order valence-corrected chi connectivity index (χ1v) is 9.37. The summed E-state index contributed by atoms with van der Waals surface area (Å²) in [5.74, 6) is 0.456. The lowest BCUT2D eigenvalue weighted by Gasteiger charge is -2.05. The van der Waals surface area contributed by atoms with Crippen LogP contribution < -0.4 is 5.32 Å². The van der Waals surface area contributed by atoms with Crippen LogP contribution in [-0.2, 0) is 11.3 Å². The summed E-state index contributed by atoms with van der Waals surface area (Å²) in [5, 5.41) is 12.0. The molecule has 0 aliphatic rings. The minimum Gasteiger partial charge on any atom is -0.383 e. The number of hydrogen-bond donors (Lipinski definition) is 1. The fourth-order valence-electron chi connectivity index (χ4n) is 2.30. The summed E-state index contributed by atoms with van der Waals surface area (Å²) in [6.45, 7) is 9.74. The van der Waals surface area contributed by atoms with Crippen molar-refractivity contribution in [2.45, 2.75) is 24.7 Å². The van der Waals surface area contributed by atoms with Crippen molar-refractivity contribution in [2.24, 2.45) is 0 Å². The van der Waals surface area contributed by atoms with E-state index in [9.17, 15) is 4.79 Å². The van der Waals surface area contributed by atoms with Crippen LogP contribution in [0, 0.1) is 13.8 Å². The van der Waals surface area contributed by atoms with Crippen molar-refractivity contribution in [1.29, 1.82) is 0 Å². The Balaban J connectivity index is 1.94. The van der Waals surface area contributed by atoms with Crippen LogP contribution in [0.5, 0.6) is 0 Å². The molecule has 0 saturated heterocycles. The number of Topliss-reactive ketones (excluding diaryl/α,β-unsaturated/α-hetero) is 1. The van der Waals surface area contributed by atoms with Crippen molar-refractivity contribution >= 4 is 34.0 Å². The Morgan fingerprint density at radius 3 is 3.00 bits per heavy atom. The van der Waals surface area contributed by atoms with Crippen LogP contribution in [0.4, 0.5) is 5.13 Å². The fraction of sp³-hybridized carbons (Fsp3) is 0.438. The van der Waals surface area contributed by atoms with Gasteiger partial charge in [-0.05, 0) is 19.9 Å². The molecule has 0 saturated carbocycles. The number of allylic oxidation sites excluding steroid dienone is 1. The molecule has 0 aromatic carbocycles. The summed E-state index contributed by atoms with van der Waals surface area (Å²) in [7, 11) is 1.65. The second-order valence-electron chi connectivity index (χ2n) is 5.19. The van der Waals surface area contributed by atoms with E-state index < -0.39 is 0 Å². The molecule has 2 rings (SSSR count). The van der Waals surface area contributed by atoms with Crippen molar-refractivity contribution in [2.75, 3.05) is 31.3 Å². The average molecular weight is 367 g/mol. The molecule has 2 aromatic heterocycles. The van der Waals surface area contributed by atoms with Crippen molar-refractivity contribution in [3.63, 3.8) is 0 Å². The molecule has 0 bridgehead atoms. The highest BCUT2D eigenvalue weighted by Crippen LogP contribution is 2.27. The predicted molar refractivity (Wildman–Crippen MR) is 99.4 cm³/mol. The van der Waals surface area contributed by atoms with Gasteiger partial charge in [0.1, 0.15) is 0 Å². The first-order valence-electron chi connectivity index (χ1n) is 7.56. The summed E-state index contributed by atoms with van der Waals surface area (Å²) >= 11 is 2.86. The van der Waals surface area contributed by atoms with Crippen LogP contribution in [0.15, 0.2) is 23.1 Å². The van der Waals surface area contributed by atoms with E-state index in [1.807, 2.05) is 26.0 Å². The first kappa shape index (κ1) is 18.7. The molecular formula is C16H22N4O2S2. The molecule has 0 aliphatic heterocycles. The molecule has 0 spiro atoms. The first-order chi connectivity index (χ1) is 11.6. The Hall–Kier alpha value is -1.64. The Kier molecular flexibility index (Phi) is 7.01. The molecule has 8 heteroatoms. The lowest BCUT2D eigenvalue weighted by Crippen LogP contribution is -2.06. The van der Waals surface area contributed by atoms with Crippen molar-refractivity contribution < 1.29 is 9.53 Å². The zero-order valence-electron chi connectivity index (χ0n) is 14.2. The van der Waals surface area contributed by atoms with Gasteiger partial charge in [-0.1, -0.05) is 29.2 Å². The van der Waals surface area contributed by atoms with Crippen molar-refractivity contribution in [3.05, 3.63) is 35.7 Å². The van der Waals surface area contributed by atoms with Gasteiger partial charge in [-0.3, -0.25) is 4.79 Å². The van der Waals surface area contributed by atoms with Gasteiger partial charge in [0.05, 0.1) is 12.4 Å². The van der Waals surface area contributed by atoms with Crippen LogP contribution >= 0.6 is 23.1 Å². The largest absolute Gasteiger partial charge is 0.383 e. The Morgan fingerprint density at radius 1 is 1.50 bits per heavy atom. The van der Waals surface area contributed by atoms with E-state index in [4.69, 9.17) is 4.74 Å². The topological polar surface area (TPSA) is 69.0 Å². The molecule has 0 fully saturated rings. The molecule has 1 N–H and O–H groups in total. The summed E-state index contributed by atoms with van der Waals surface area (Å²) < 4.78 is 7.85. The third kappa shape index (κ3) is 4.68. The summed E-state index contributed by atoms with van der Waals surface area (Å²) in [6, 6.07) is 1.94. The van der Waals surface area contributed by atoms with Crippen molar-refractivity contribution in [3.8, 4) is 0 Å². The van der Waals surface area contributed by atoms with E-state index in [2.05, 4.69) is 26.7 Å². The molecule has 0 amide bonds. The monoisotopic (exact) mass is 366 g/mol. The molecule has 2 aromatic rings. The van der Waals surface area contributed by atoms with E-state index in [1.54, 1.807) is 7.11 Å². The highest BCUT2D eigenvalue weighted by molar-refractivity contribution is 8.01. The highest BCUT2D eigenvalue weighted by atomic mass is 32.2. The number of nitrogens with one attached hydrogen (secondary N) is 1. The number of ether oxygens (including phenoxy) is 1. The number of aromatic nitrogens is 3. The maximum Gasteiger partial charge on any atom is 0.206 e. The van der Waals surface area contributed by atoms with Gasteiger partial charge in [0.15, 0.2) is 10.1 Å². The van der Waals surface area contributed by atoms with Crippen LogP contribution in [0.25, 0.3) is 0 Å². The number of carbonyl (C=O) groups is 1. The van der Waals surface area contributed by atoms with Crippen molar-refractivity contribution in [1.82, 2.24) is 14.8 Å². The molecule has 0 atom stereocenters. The van der Waals surface area contributed by atoms with Gasteiger partial charge >= 0.3 is 0 Å². The average Bonchev–Trinajstić information content (AvgIpc) is 3.13. The lowest BCUT2D eigenvalue weighted by atomic mass is 10.2. The number of aryl methyl sites for hydroxylation is 1. The SMILES string of the molecule is C=CCn1c(C)cc(C(=O)CSc2nnc(NCCOC)s2)c1C. The third-order valence-electron chi connectivity index (χ3n) is 3.50. The van der Waals surface area contributed by atoms with Gasteiger partial charge in [-0.2, -0.15) is 0 Å². The normalized spacial score (nSPS) is 10.8. The van der Waals surface area contributed by atoms with Gasteiger partial charge in [0.25, 0.3) is 0 Å². The molecule has 0 radical (unpaired) electrons. The fourth-order valence-corrected chi connectivity index (χ4v) is 3.96. The van der Waals surface area contributed by atoms with Gasteiger partial charge in [0.2, 0.25) is 5.13 Å². The Morgan fingerprint density at radius 2 is 2.29 bits per heavy atom. The second kappa shape index (κ2) is 9.00. The molecule has 24 heavy (non-hydrogen) atoms. The predicted octanol–water partition coefficient (Wildman–Crippen LogP) is 3.18. The molecule has 130 valence electrons. The van der Waals surface area contributed by atoms with E-state index in [0.29, 0.717) is 25.4 Å². The Labute approximate surface area is 150 Å². The highest BCUT2D eigenvalue weighted by Gasteiger charge is 2.16. The quantitative estimate of drug-likeness (QED) is 0.301.